The van der Waals surface area contributed by atoms with E-state index in [1.165, 1.54) is 26.0 Å². The third kappa shape index (κ3) is 4.27. The lowest BCUT2D eigenvalue weighted by molar-refractivity contribution is -0.160. The average Bonchev–Trinajstić information content (AvgIpc) is 2.91. The lowest BCUT2D eigenvalue weighted by atomic mass is 9.99. The summed E-state index contributed by atoms with van der Waals surface area (Å²) in [6, 6.07) is -0.909. The molecule has 0 aromatic rings. The zero-order valence-corrected chi connectivity index (χ0v) is 16.1. The molecular formula is C19H25NO7. The molecule has 1 unspecified atom stereocenters. The highest BCUT2D eigenvalue weighted by molar-refractivity contribution is 6.25. The van der Waals surface area contributed by atoms with E-state index < -0.39 is 59.3 Å². The van der Waals surface area contributed by atoms with E-state index in [4.69, 9.17) is 9.47 Å². The first kappa shape index (κ1) is 20.8. The summed E-state index contributed by atoms with van der Waals surface area (Å²) in [6.07, 6.45) is 1.37. The number of nitrogens with zero attached hydrogens (tertiary/aromatic N) is 1. The molecule has 8 heteroatoms. The monoisotopic (exact) mass is 379 g/mol. The molecule has 2 heterocycles. The molecule has 0 aliphatic carbocycles. The predicted molar refractivity (Wildman–Crippen MR) is 94.2 cm³/mol. The number of cyclic esters (lactones) is 1. The van der Waals surface area contributed by atoms with Gasteiger partial charge in [-0.2, -0.15) is 0 Å². The Bertz CT molecular complexity index is 732. The lowest BCUT2D eigenvalue weighted by Crippen LogP contribution is -2.41. The number of ketones is 1. The second-order valence-corrected chi connectivity index (χ2v) is 7.47. The van der Waals surface area contributed by atoms with Crippen LogP contribution in [0.1, 0.15) is 47.5 Å². The molecular weight excluding hydrogens is 354 g/mol. The van der Waals surface area contributed by atoms with Crippen molar-refractivity contribution < 1.29 is 33.8 Å². The molecule has 2 amide bonds. The molecule has 0 aromatic heterocycles. The van der Waals surface area contributed by atoms with Crippen molar-refractivity contribution in [3.05, 3.63) is 23.5 Å². The Labute approximate surface area is 157 Å². The standard InChI is InChI=1S/C19H25NO7/c1-6-7-14(22)20-11(8-10(2)3)16(23)15(17(20)24)12(21)9-13-18(25)27-19(4,5)26-13/h6-7,10-11,13,23H,8-9H2,1-5H3/b7-6+/t11?,13-/m0/s1. The van der Waals surface area contributed by atoms with Crippen LogP contribution in [0.4, 0.5) is 0 Å². The fourth-order valence-corrected chi connectivity index (χ4v) is 3.18. The van der Waals surface area contributed by atoms with Gasteiger partial charge in [0.25, 0.3) is 11.8 Å². The van der Waals surface area contributed by atoms with Gasteiger partial charge in [0, 0.05) is 20.3 Å². The number of allylic oxidation sites excluding steroid dienone is 1. The van der Waals surface area contributed by atoms with Crippen molar-refractivity contribution in [2.24, 2.45) is 5.92 Å². The Morgan fingerprint density at radius 2 is 1.93 bits per heavy atom. The fourth-order valence-electron chi connectivity index (χ4n) is 3.18. The van der Waals surface area contributed by atoms with E-state index in [0.29, 0.717) is 6.42 Å². The van der Waals surface area contributed by atoms with Crippen molar-refractivity contribution in [2.75, 3.05) is 0 Å². The van der Waals surface area contributed by atoms with E-state index in [0.717, 1.165) is 4.90 Å². The van der Waals surface area contributed by atoms with Crippen molar-refractivity contribution in [1.82, 2.24) is 4.90 Å². The lowest BCUT2D eigenvalue weighted by Gasteiger charge is -2.23. The number of ether oxygens (including phenoxy) is 2. The Morgan fingerprint density at radius 1 is 1.30 bits per heavy atom. The molecule has 1 fully saturated rings. The second kappa shape index (κ2) is 7.64. The molecule has 1 saturated heterocycles. The number of rotatable bonds is 6. The Hall–Kier alpha value is -2.48. The van der Waals surface area contributed by atoms with Crippen LogP contribution in [0, 0.1) is 5.92 Å². The van der Waals surface area contributed by atoms with Gasteiger partial charge >= 0.3 is 5.97 Å². The number of amides is 2. The van der Waals surface area contributed by atoms with Gasteiger partial charge in [0.1, 0.15) is 11.3 Å². The molecule has 2 aliphatic rings. The number of carbonyl (C=O) groups is 4. The van der Waals surface area contributed by atoms with Crippen LogP contribution in [0.3, 0.4) is 0 Å². The summed E-state index contributed by atoms with van der Waals surface area (Å²) in [7, 11) is 0. The van der Waals surface area contributed by atoms with Crippen molar-refractivity contribution in [3.63, 3.8) is 0 Å². The largest absolute Gasteiger partial charge is 0.509 e. The van der Waals surface area contributed by atoms with Crippen LogP contribution < -0.4 is 0 Å². The normalized spacial score (nSPS) is 25.0. The maximum Gasteiger partial charge on any atom is 0.338 e. The number of aliphatic hydroxyl groups excluding tert-OH is 1. The summed E-state index contributed by atoms with van der Waals surface area (Å²) in [6.45, 7) is 8.44. The van der Waals surface area contributed by atoms with Crippen molar-refractivity contribution in [3.8, 4) is 0 Å². The number of Topliss-reactive ketones (excluding diaryl/α,β-unsaturated/α-hetero) is 1. The van der Waals surface area contributed by atoms with Crippen molar-refractivity contribution in [2.45, 2.75) is 65.4 Å². The molecule has 2 aliphatic heterocycles. The van der Waals surface area contributed by atoms with E-state index >= 15 is 0 Å². The molecule has 0 aromatic carbocycles. The first-order chi connectivity index (χ1) is 12.5. The van der Waals surface area contributed by atoms with Crippen LogP contribution >= 0.6 is 0 Å². The van der Waals surface area contributed by atoms with Gasteiger partial charge in [-0.15, -0.1) is 0 Å². The second-order valence-electron chi connectivity index (χ2n) is 7.47. The predicted octanol–water partition coefficient (Wildman–Crippen LogP) is 1.80. The summed E-state index contributed by atoms with van der Waals surface area (Å²) >= 11 is 0. The minimum atomic E-state index is -1.16. The zero-order valence-electron chi connectivity index (χ0n) is 16.1. The van der Waals surface area contributed by atoms with Gasteiger partial charge in [-0.25, -0.2) is 4.79 Å². The molecule has 148 valence electrons. The van der Waals surface area contributed by atoms with Gasteiger partial charge in [-0.1, -0.05) is 19.9 Å². The number of imide groups is 1. The SMILES string of the molecule is C/C=C/C(=O)N1C(=O)C(C(=O)C[C@@H]2OC(C)(C)OC2=O)=C(O)C1CC(C)C. The molecule has 8 nitrogen and oxygen atoms in total. The van der Waals surface area contributed by atoms with Crippen molar-refractivity contribution >= 4 is 23.6 Å². The Balaban J connectivity index is 2.29. The highest BCUT2D eigenvalue weighted by atomic mass is 16.8. The maximum absolute atomic E-state index is 12.7. The average molecular weight is 379 g/mol. The number of esters is 1. The minimum absolute atomic E-state index is 0.0641. The molecule has 2 rings (SSSR count). The molecule has 0 bridgehead atoms. The van der Waals surface area contributed by atoms with Gasteiger partial charge in [-0.3, -0.25) is 19.3 Å². The molecule has 1 N–H and O–H groups in total. The first-order valence-electron chi connectivity index (χ1n) is 8.85. The third-order valence-electron chi connectivity index (χ3n) is 4.24. The zero-order chi connectivity index (χ0) is 20.5. The number of hydrogen-bond acceptors (Lipinski definition) is 7. The van der Waals surface area contributed by atoms with Crippen LogP contribution in [-0.2, 0) is 28.7 Å². The van der Waals surface area contributed by atoms with E-state index in [-0.39, 0.29) is 5.92 Å². The molecule has 2 atom stereocenters. The van der Waals surface area contributed by atoms with Gasteiger partial charge in [0.15, 0.2) is 11.9 Å². The molecule has 0 saturated carbocycles. The van der Waals surface area contributed by atoms with Crippen LogP contribution in [0.25, 0.3) is 0 Å². The number of hydrogen-bond donors (Lipinski definition) is 1. The summed E-state index contributed by atoms with van der Waals surface area (Å²) < 4.78 is 10.4. The van der Waals surface area contributed by atoms with E-state index in [9.17, 15) is 24.3 Å². The smallest absolute Gasteiger partial charge is 0.338 e. The first-order valence-corrected chi connectivity index (χ1v) is 8.85. The van der Waals surface area contributed by atoms with Crippen LogP contribution in [0.2, 0.25) is 0 Å². The van der Waals surface area contributed by atoms with Gasteiger partial charge < -0.3 is 14.6 Å². The summed E-state index contributed by atoms with van der Waals surface area (Å²) in [4.78, 5) is 50.4. The van der Waals surface area contributed by atoms with Crippen LogP contribution in [-0.4, -0.2) is 51.5 Å². The molecule has 0 radical (unpaired) electrons. The van der Waals surface area contributed by atoms with E-state index in [1.54, 1.807) is 6.92 Å². The van der Waals surface area contributed by atoms with Crippen molar-refractivity contribution in [1.29, 1.82) is 0 Å². The summed E-state index contributed by atoms with van der Waals surface area (Å²) in [5.74, 6) is -4.48. The highest BCUT2D eigenvalue weighted by Gasteiger charge is 2.48. The topological polar surface area (TPSA) is 110 Å². The quantitative estimate of drug-likeness (QED) is 0.425. The van der Waals surface area contributed by atoms with Crippen LogP contribution in [0.5, 0.6) is 0 Å². The third-order valence-corrected chi connectivity index (χ3v) is 4.24. The summed E-state index contributed by atoms with van der Waals surface area (Å²) in [5, 5.41) is 10.5. The Kier molecular flexibility index (Phi) is 5.89. The van der Waals surface area contributed by atoms with Gasteiger partial charge in [0.2, 0.25) is 5.79 Å². The molecule has 0 spiro atoms. The Morgan fingerprint density at radius 3 is 2.41 bits per heavy atom. The van der Waals surface area contributed by atoms with E-state index in [2.05, 4.69) is 0 Å². The summed E-state index contributed by atoms with van der Waals surface area (Å²) in [5.41, 5.74) is -0.473. The van der Waals surface area contributed by atoms with Gasteiger partial charge in [-0.05, 0) is 25.3 Å². The number of aliphatic hydroxyl groups is 1. The maximum atomic E-state index is 12.7. The highest BCUT2D eigenvalue weighted by Crippen LogP contribution is 2.32. The number of carbonyl (C=O) groups excluding carboxylic acids is 4. The van der Waals surface area contributed by atoms with E-state index in [1.807, 2.05) is 13.8 Å². The van der Waals surface area contributed by atoms with Crippen LogP contribution in [0.15, 0.2) is 23.5 Å². The fraction of sp³-hybridized carbons (Fsp3) is 0.579. The molecule has 27 heavy (non-hydrogen) atoms. The minimum Gasteiger partial charge on any atom is -0.509 e. The van der Waals surface area contributed by atoms with Gasteiger partial charge in [0.05, 0.1) is 6.04 Å².